The van der Waals surface area contributed by atoms with Crippen LogP contribution < -0.4 is 10.9 Å². The van der Waals surface area contributed by atoms with Gasteiger partial charge in [-0.1, -0.05) is 11.6 Å². The van der Waals surface area contributed by atoms with Crippen molar-refractivity contribution in [3.8, 4) is 0 Å². The number of hydrogen-bond donors (Lipinski definition) is 2. The van der Waals surface area contributed by atoms with Gasteiger partial charge in [0.05, 0.1) is 6.54 Å². The second-order valence-electron chi connectivity index (χ2n) is 8.18. The van der Waals surface area contributed by atoms with Crippen LogP contribution in [0.25, 0.3) is 10.9 Å². The molecular weight excluding hydrogens is 382 g/mol. The molecule has 0 aliphatic carbocycles. The number of rotatable bonds is 10. The predicted octanol–water partition coefficient (Wildman–Crippen LogP) is 2.42. The number of aromatic nitrogens is 1. The summed E-state index contributed by atoms with van der Waals surface area (Å²) < 4.78 is 0. The lowest BCUT2D eigenvalue weighted by Crippen LogP contribution is -2.42. The molecule has 0 bridgehead atoms. The number of aryl methyl sites for hydroxylation is 1. The number of thiocarbonyl (C=S) groups is 1. The smallest absolute Gasteiger partial charge is 0.253 e. The van der Waals surface area contributed by atoms with Crippen LogP contribution in [0.15, 0.2) is 29.1 Å². The number of nitrogens with zero attached hydrogens (tertiary/aromatic N) is 3. The molecule has 0 atom stereocenters. The van der Waals surface area contributed by atoms with Crippen molar-refractivity contribution in [3.05, 3.63) is 45.7 Å². The summed E-state index contributed by atoms with van der Waals surface area (Å²) in [4.78, 5) is 22.1. The Balaban J connectivity index is 2.13. The maximum absolute atomic E-state index is 12.6. The normalized spacial score (nSPS) is 11.4. The second-order valence-corrected chi connectivity index (χ2v) is 8.57. The summed E-state index contributed by atoms with van der Waals surface area (Å²) in [5, 5.41) is 5.13. The summed E-state index contributed by atoms with van der Waals surface area (Å²) in [5.74, 6) is 0. The molecule has 1 aromatic carbocycles. The maximum Gasteiger partial charge on any atom is 0.253 e. The number of fused-ring (bicyclic) bond motifs is 1. The SMILES string of the molecule is Cc1ccc2[nH]c(=O)c(CN(CCCN(C)C)C(=S)NCCCN(C)C)cc2c1. The van der Waals surface area contributed by atoms with Gasteiger partial charge in [-0.15, -0.1) is 0 Å². The van der Waals surface area contributed by atoms with Crippen LogP contribution in [0.1, 0.15) is 24.0 Å². The second kappa shape index (κ2) is 11.3. The predicted molar refractivity (Wildman–Crippen MR) is 127 cm³/mol. The van der Waals surface area contributed by atoms with E-state index >= 15 is 0 Å². The van der Waals surface area contributed by atoms with E-state index in [1.54, 1.807) is 0 Å². The zero-order valence-electron chi connectivity index (χ0n) is 18.4. The van der Waals surface area contributed by atoms with Crippen molar-refractivity contribution < 1.29 is 0 Å². The third-order valence-corrected chi connectivity index (χ3v) is 5.22. The van der Waals surface area contributed by atoms with Crippen molar-refractivity contribution in [1.29, 1.82) is 0 Å². The van der Waals surface area contributed by atoms with E-state index in [0.717, 1.165) is 55.5 Å². The summed E-state index contributed by atoms with van der Waals surface area (Å²) in [6.07, 6.45) is 2.01. The summed E-state index contributed by atoms with van der Waals surface area (Å²) in [7, 11) is 8.27. The highest BCUT2D eigenvalue weighted by molar-refractivity contribution is 7.80. The van der Waals surface area contributed by atoms with Gasteiger partial charge in [0.15, 0.2) is 5.11 Å². The van der Waals surface area contributed by atoms with Crippen molar-refractivity contribution in [2.75, 3.05) is 54.4 Å². The molecule has 160 valence electrons. The maximum atomic E-state index is 12.6. The van der Waals surface area contributed by atoms with Crippen LogP contribution >= 0.6 is 12.2 Å². The van der Waals surface area contributed by atoms with Crippen LogP contribution in [-0.2, 0) is 6.54 Å². The van der Waals surface area contributed by atoms with Gasteiger partial charge in [-0.3, -0.25) is 4.79 Å². The Kier molecular flexibility index (Phi) is 9.07. The van der Waals surface area contributed by atoms with E-state index in [2.05, 4.69) is 66.2 Å². The van der Waals surface area contributed by atoms with Crippen LogP contribution in [0.5, 0.6) is 0 Å². The molecule has 6 nitrogen and oxygen atoms in total. The van der Waals surface area contributed by atoms with Crippen molar-refractivity contribution in [2.24, 2.45) is 0 Å². The standard InChI is InChI=1S/C22H35N5OS/c1-17-8-9-20-18(14-17)15-19(21(28)24-20)16-27(13-7-12-26(4)5)22(29)23-10-6-11-25(2)3/h8-9,14-15H,6-7,10-13,16H2,1-5H3,(H,23,29)(H,24,28). The van der Waals surface area contributed by atoms with Crippen LogP contribution in [0.2, 0.25) is 0 Å². The van der Waals surface area contributed by atoms with Gasteiger partial charge in [0, 0.05) is 24.2 Å². The van der Waals surface area contributed by atoms with E-state index in [1.165, 1.54) is 5.56 Å². The van der Waals surface area contributed by atoms with Crippen molar-refractivity contribution in [3.63, 3.8) is 0 Å². The van der Waals surface area contributed by atoms with Crippen molar-refractivity contribution in [1.82, 2.24) is 25.0 Å². The molecule has 0 unspecified atom stereocenters. The Morgan fingerprint density at radius 1 is 1.03 bits per heavy atom. The molecule has 7 heteroatoms. The monoisotopic (exact) mass is 417 g/mol. The highest BCUT2D eigenvalue weighted by Gasteiger charge is 2.13. The summed E-state index contributed by atoms with van der Waals surface area (Å²) in [6.45, 7) is 6.20. The summed E-state index contributed by atoms with van der Waals surface area (Å²) >= 11 is 5.67. The largest absolute Gasteiger partial charge is 0.363 e. The minimum absolute atomic E-state index is 0.0469. The fraction of sp³-hybridized carbons (Fsp3) is 0.545. The lowest BCUT2D eigenvalue weighted by molar-refractivity contribution is 0.339. The molecule has 0 radical (unpaired) electrons. The summed E-state index contributed by atoms with van der Waals surface area (Å²) in [6, 6.07) is 8.07. The molecule has 0 amide bonds. The number of benzene rings is 1. The van der Waals surface area contributed by atoms with Gasteiger partial charge in [-0.25, -0.2) is 0 Å². The van der Waals surface area contributed by atoms with E-state index < -0.39 is 0 Å². The molecule has 29 heavy (non-hydrogen) atoms. The van der Waals surface area contributed by atoms with E-state index in [4.69, 9.17) is 12.2 Å². The van der Waals surface area contributed by atoms with E-state index in [-0.39, 0.29) is 5.56 Å². The first kappa shape index (κ1) is 23.3. The Morgan fingerprint density at radius 3 is 2.41 bits per heavy atom. The molecule has 0 saturated heterocycles. The molecule has 2 N–H and O–H groups in total. The van der Waals surface area contributed by atoms with Gasteiger partial charge < -0.3 is 25.0 Å². The zero-order valence-corrected chi connectivity index (χ0v) is 19.2. The van der Waals surface area contributed by atoms with E-state index in [9.17, 15) is 4.79 Å². The molecule has 0 spiro atoms. The Labute approximate surface area is 179 Å². The number of H-pyrrole nitrogens is 1. The van der Waals surface area contributed by atoms with E-state index in [1.807, 2.05) is 18.2 Å². The fourth-order valence-electron chi connectivity index (χ4n) is 3.23. The highest BCUT2D eigenvalue weighted by Crippen LogP contribution is 2.14. The first-order valence-electron chi connectivity index (χ1n) is 10.2. The first-order valence-corrected chi connectivity index (χ1v) is 10.6. The molecule has 0 fully saturated rings. The lowest BCUT2D eigenvalue weighted by Gasteiger charge is -2.26. The van der Waals surface area contributed by atoms with Crippen molar-refractivity contribution in [2.45, 2.75) is 26.3 Å². The van der Waals surface area contributed by atoms with Gasteiger partial charge in [0.1, 0.15) is 0 Å². The average Bonchev–Trinajstić information content (AvgIpc) is 2.64. The van der Waals surface area contributed by atoms with Gasteiger partial charge >= 0.3 is 0 Å². The van der Waals surface area contributed by atoms with Gasteiger partial charge in [-0.05, 0) is 96.8 Å². The van der Waals surface area contributed by atoms with Gasteiger partial charge in [-0.2, -0.15) is 0 Å². The Hall–Kier alpha value is -1.96. The number of nitrogens with one attached hydrogen (secondary N) is 2. The number of aromatic amines is 1. The molecule has 0 aliphatic rings. The molecule has 2 aromatic rings. The molecular formula is C22H35N5OS. The third kappa shape index (κ3) is 7.76. The van der Waals surface area contributed by atoms with E-state index in [0.29, 0.717) is 11.7 Å². The number of hydrogen-bond acceptors (Lipinski definition) is 4. The minimum Gasteiger partial charge on any atom is -0.363 e. The molecule has 1 heterocycles. The van der Waals surface area contributed by atoms with Gasteiger partial charge in [0.2, 0.25) is 0 Å². The molecule has 0 aliphatic heterocycles. The lowest BCUT2D eigenvalue weighted by atomic mass is 10.1. The Bertz CT molecular complexity index is 862. The Morgan fingerprint density at radius 2 is 1.72 bits per heavy atom. The summed E-state index contributed by atoms with van der Waals surface area (Å²) in [5.41, 5.74) is 2.74. The molecule has 2 rings (SSSR count). The van der Waals surface area contributed by atoms with Crippen LogP contribution in [0, 0.1) is 6.92 Å². The van der Waals surface area contributed by atoms with Gasteiger partial charge in [0.25, 0.3) is 5.56 Å². The quantitative estimate of drug-likeness (QED) is 0.457. The molecule has 1 aromatic heterocycles. The van der Waals surface area contributed by atoms with Crippen LogP contribution in [-0.4, -0.2) is 79.2 Å². The van der Waals surface area contributed by atoms with Crippen LogP contribution in [0.4, 0.5) is 0 Å². The fourth-order valence-corrected chi connectivity index (χ4v) is 3.48. The highest BCUT2D eigenvalue weighted by atomic mass is 32.1. The van der Waals surface area contributed by atoms with Crippen molar-refractivity contribution >= 4 is 28.2 Å². The average molecular weight is 418 g/mol. The van der Waals surface area contributed by atoms with Crippen LogP contribution in [0.3, 0.4) is 0 Å². The number of pyridine rings is 1. The topological polar surface area (TPSA) is 54.6 Å². The third-order valence-electron chi connectivity index (χ3n) is 4.82. The molecule has 0 saturated carbocycles. The first-order chi connectivity index (χ1) is 13.8. The minimum atomic E-state index is -0.0469. The zero-order chi connectivity index (χ0) is 21.4.